The molecule has 46 heavy (non-hydrogen) atoms. The maximum Gasteiger partial charge on any atom is 0.280 e. The van der Waals surface area contributed by atoms with Crippen molar-refractivity contribution in [3.63, 3.8) is 0 Å². The molecule has 2 aliphatic rings. The van der Waals surface area contributed by atoms with Crippen LogP contribution in [0, 0.1) is 11.8 Å². The van der Waals surface area contributed by atoms with Crippen LogP contribution in [0.25, 0.3) is 0 Å². The summed E-state index contributed by atoms with van der Waals surface area (Å²) in [5.41, 5.74) is 1.80. The molecule has 0 spiro atoms. The number of hydrogen-bond acceptors (Lipinski definition) is 8. The molecule has 7 unspecified atom stereocenters. The number of carbonyl (C=O) groups is 4. The molecule has 4 amide bonds. The smallest absolute Gasteiger partial charge is 0.280 e. The molecular weight excluding hydrogens is 602 g/mol. The van der Waals surface area contributed by atoms with Crippen LogP contribution in [-0.4, -0.2) is 81.3 Å². The lowest BCUT2D eigenvalue weighted by Gasteiger charge is -2.34. The van der Waals surface area contributed by atoms with Crippen molar-refractivity contribution in [2.45, 2.75) is 103 Å². The van der Waals surface area contributed by atoms with Crippen molar-refractivity contribution in [2.75, 3.05) is 13.6 Å². The van der Waals surface area contributed by atoms with Crippen molar-refractivity contribution >= 4 is 35.0 Å². The van der Waals surface area contributed by atoms with E-state index in [0.29, 0.717) is 29.8 Å². The van der Waals surface area contributed by atoms with Gasteiger partial charge in [0, 0.05) is 23.8 Å². The van der Waals surface area contributed by atoms with Crippen LogP contribution in [0.5, 0.6) is 0 Å². The minimum absolute atomic E-state index is 0.0884. The van der Waals surface area contributed by atoms with Gasteiger partial charge in [-0.25, -0.2) is 4.98 Å². The van der Waals surface area contributed by atoms with Crippen LogP contribution in [0.4, 0.5) is 0 Å². The minimum atomic E-state index is -1.09. The fourth-order valence-electron chi connectivity index (χ4n) is 6.35. The molecular formula is C35H49N5O5S. The summed E-state index contributed by atoms with van der Waals surface area (Å²) >= 11 is 1.14. The van der Waals surface area contributed by atoms with E-state index in [9.17, 15) is 24.3 Å². The zero-order valence-corrected chi connectivity index (χ0v) is 28.5. The van der Waals surface area contributed by atoms with Gasteiger partial charge < -0.3 is 15.7 Å². The van der Waals surface area contributed by atoms with Crippen LogP contribution in [-0.2, 0) is 20.8 Å². The Balaban J connectivity index is 1.42. The van der Waals surface area contributed by atoms with Gasteiger partial charge in [0.2, 0.25) is 17.7 Å². The fourth-order valence-corrected chi connectivity index (χ4v) is 7.14. The number of aliphatic hydroxyl groups is 1. The van der Waals surface area contributed by atoms with E-state index in [4.69, 9.17) is 0 Å². The Morgan fingerprint density at radius 1 is 1.17 bits per heavy atom. The van der Waals surface area contributed by atoms with E-state index in [-0.39, 0.29) is 53.8 Å². The summed E-state index contributed by atoms with van der Waals surface area (Å²) in [5.74, 6) is -1.54. The molecule has 3 heterocycles. The number of carbonyl (C=O) groups excluding carboxylic acids is 4. The number of aromatic nitrogens is 1. The second kappa shape index (κ2) is 15.9. The molecule has 4 rings (SSSR count). The Morgan fingerprint density at radius 2 is 1.89 bits per heavy atom. The summed E-state index contributed by atoms with van der Waals surface area (Å²) < 4.78 is 0. The van der Waals surface area contributed by atoms with Crippen molar-refractivity contribution in [1.29, 1.82) is 0 Å². The second-order valence-corrected chi connectivity index (χ2v) is 14.0. The Labute approximate surface area is 276 Å². The summed E-state index contributed by atoms with van der Waals surface area (Å²) in [4.78, 5) is 61.2. The van der Waals surface area contributed by atoms with Crippen LogP contribution < -0.4 is 10.6 Å². The highest BCUT2D eigenvalue weighted by molar-refractivity contribution is 7.09. The number of piperidine rings is 1. The first-order chi connectivity index (χ1) is 21.9. The molecule has 0 radical (unpaired) electrons. The van der Waals surface area contributed by atoms with Gasteiger partial charge in [-0.15, -0.1) is 11.3 Å². The first kappa shape index (κ1) is 35.4. The number of aliphatic hydroxyl groups excluding tert-OH is 1. The molecule has 250 valence electrons. The van der Waals surface area contributed by atoms with Gasteiger partial charge in [0.25, 0.3) is 5.91 Å². The monoisotopic (exact) mass is 651 g/mol. The SMILES string of the molecule is C=C(C)C(CC(O)c1nc(C(=O)N2C(=O)C(C)CC2Cc2ccccc2)cs1)NC(=O)C(NC(=O)C1CCCCN1C)C(C)CC. The normalized spacial score (nSPS) is 23.0. The highest BCUT2D eigenvalue weighted by Gasteiger charge is 2.42. The first-order valence-corrected chi connectivity index (χ1v) is 17.3. The molecule has 1 aromatic heterocycles. The lowest BCUT2D eigenvalue weighted by molar-refractivity contribution is -0.133. The Bertz CT molecular complexity index is 1400. The van der Waals surface area contributed by atoms with E-state index in [1.54, 1.807) is 12.3 Å². The number of thiazole rings is 1. The number of amides is 4. The maximum atomic E-state index is 13.6. The summed E-state index contributed by atoms with van der Waals surface area (Å²) in [5, 5.41) is 19.1. The lowest BCUT2D eigenvalue weighted by Crippen LogP contribution is -2.57. The molecule has 7 atom stereocenters. The van der Waals surface area contributed by atoms with Crippen molar-refractivity contribution in [3.05, 3.63) is 64.1 Å². The zero-order chi connectivity index (χ0) is 33.5. The molecule has 1 aromatic carbocycles. The number of hydrogen-bond donors (Lipinski definition) is 3. The van der Waals surface area contributed by atoms with Gasteiger partial charge in [-0.1, -0.05) is 76.1 Å². The topological polar surface area (TPSA) is 132 Å². The number of likely N-dealkylation sites (N-methyl/N-ethyl adjacent to an activating group) is 1. The van der Waals surface area contributed by atoms with E-state index in [2.05, 4.69) is 22.2 Å². The van der Waals surface area contributed by atoms with Crippen LogP contribution in [0.3, 0.4) is 0 Å². The Hall–Kier alpha value is -3.41. The average Bonchev–Trinajstić information content (AvgIpc) is 3.64. The minimum Gasteiger partial charge on any atom is -0.386 e. The van der Waals surface area contributed by atoms with Gasteiger partial charge in [0.05, 0.1) is 12.1 Å². The zero-order valence-electron chi connectivity index (χ0n) is 27.7. The summed E-state index contributed by atoms with van der Waals surface area (Å²) in [6, 6.07) is 7.91. The second-order valence-electron chi connectivity index (χ2n) is 13.1. The highest BCUT2D eigenvalue weighted by Crippen LogP contribution is 2.31. The van der Waals surface area contributed by atoms with Gasteiger partial charge in [-0.05, 0) is 57.7 Å². The average molecular weight is 652 g/mol. The van der Waals surface area contributed by atoms with Crippen molar-refractivity contribution in [1.82, 2.24) is 25.4 Å². The van der Waals surface area contributed by atoms with Crippen molar-refractivity contribution in [2.24, 2.45) is 11.8 Å². The third-order valence-electron chi connectivity index (χ3n) is 9.45. The predicted molar refractivity (Wildman–Crippen MR) is 179 cm³/mol. The molecule has 10 nitrogen and oxygen atoms in total. The fraction of sp³-hybridized carbons (Fsp3) is 0.571. The maximum absolute atomic E-state index is 13.6. The quantitative estimate of drug-likeness (QED) is 0.218. The molecule has 2 aliphatic heterocycles. The van der Waals surface area contributed by atoms with Crippen LogP contribution in [0.15, 0.2) is 47.9 Å². The molecule has 2 saturated heterocycles. The predicted octanol–water partition coefficient (Wildman–Crippen LogP) is 4.26. The summed E-state index contributed by atoms with van der Waals surface area (Å²) in [6.07, 6.45) is 3.63. The first-order valence-electron chi connectivity index (χ1n) is 16.4. The van der Waals surface area contributed by atoms with E-state index in [1.165, 1.54) is 4.90 Å². The van der Waals surface area contributed by atoms with E-state index in [0.717, 1.165) is 42.7 Å². The molecule has 2 aromatic rings. The molecule has 2 fully saturated rings. The molecule has 0 bridgehead atoms. The van der Waals surface area contributed by atoms with Gasteiger partial charge >= 0.3 is 0 Å². The van der Waals surface area contributed by atoms with Gasteiger partial charge in [-0.3, -0.25) is 29.0 Å². The molecule has 0 aliphatic carbocycles. The third kappa shape index (κ3) is 8.49. The van der Waals surface area contributed by atoms with Crippen molar-refractivity contribution in [3.8, 4) is 0 Å². The number of nitrogens with zero attached hydrogens (tertiary/aromatic N) is 3. The Morgan fingerprint density at radius 3 is 2.54 bits per heavy atom. The van der Waals surface area contributed by atoms with Crippen LogP contribution in [0.2, 0.25) is 0 Å². The summed E-state index contributed by atoms with van der Waals surface area (Å²) in [6.45, 7) is 12.4. The largest absolute Gasteiger partial charge is 0.386 e. The van der Waals surface area contributed by atoms with Gasteiger partial charge in [0.15, 0.2) is 0 Å². The van der Waals surface area contributed by atoms with Crippen LogP contribution in [0.1, 0.15) is 93.4 Å². The van der Waals surface area contributed by atoms with E-state index >= 15 is 0 Å². The molecule has 11 heteroatoms. The van der Waals surface area contributed by atoms with E-state index in [1.807, 2.05) is 63.1 Å². The Kier molecular flexibility index (Phi) is 12.3. The van der Waals surface area contributed by atoms with Crippen molar-refractivity contribution < 1.29 is 24.3 Å². The van der Waals surface area contributed by atoms with E-state index < -0.39 is 24.1 Å². The standard InChI is InChI=1S/C35H49N5O5S/c1-7-22(4)30(38-31(42)28-15-11-12-16-39(28)6)32(43)36-26(21(2)3)19-29(41)33-37-27(20-46-33)35(45)40-25(17-23(5)34(40)44)18-24-13-9-8-10-14-24/h8-10,13-14,20,22-23,25-26,28-30,41H,2,7,11-12,15-19H2,1,3-6H3,(H,36,43)(H,38,42). The number of likely N-dealkylation sites (tertiary alicyclic amines) is 2. The highest BCUT2D eigenvalue weighted by atomic mass is 32.1. The van der Waals surface area contributed by atoms with Gasteiger partial charge in [-0.2, -0.15) is 0 Å². The van der Waals surface area contributed by atoms with Crippen LogP contribution >= 0.6 is 11.3 Å². The number of imide groups is 1. The molecule has 3 N–H and O–H groups in total. The molecule has 0 saturated carbocycles. The number of benzene rings is 1. The lowest BCUT2D eigenvalue weighted by atomic mass is 9.95. The summed E-state index contributed by atoms with van der Waals surface area (Å²) in [7, 11) is 1.93. The number of rotatable bonds is 13. The third-order valence-corrected chi connectivity index (χ3v) is 10.4. The number of nitrogens with one attached hydrogen (secondary N) is 2. The van der Waals surface area contributed by atoms with Gasteiger partial charge in [0.1, 0.15) is 22.8 Å².